The lowest BCUT2D eigenvalue weighted by molar-refractivity contribution is -0.118. The second-order valence-electron chi connectivity index (χ2n) is 8.07. The predicted octanol–water partition coefficient (Wildman–Crippen LogP) is 6.93. The van der Waals surface area contributed by atoms with Gasteiger partial charge >= 0.3 is 0 Å². The van der Waals surface area contributed by atoms with Crippen molar-refractivity contribution in [2.45, 2.75) is 58.8 Å². The van der Waals surface area contributed by atoms with Crippen LogP contribution in [-0.2, 0) is 4.79 Å². The van der Waals surface area contributed by atoms with Crippen LogP contribution >= 0.6 is 0 Å². The van der Waals surface area contributed by atoms with Gasteiger partial charge < -0.3 is 4.74 Å². The van der Waals surface area contributed by atoms with Gasteiger partial charge in [0.25, 0.3) is 0 Å². The summed E-state index contributed by atoms with van der Waals surface area (Å²) in [5.41, 5.74) is 4.70. The SMILES string of the molecule is C=C(CC/C=C/c1ccn2ncc(-c3cccc(OCCC)c3)c2n1)CC(=O)CCCC.[HH]. The van der Waals surface area contributed by atoms with Crippen molar-refractivity contribution in [1.29, 1.82) is 0 Å². The van der Waals surface area contributed by atoms with Crippen LogP contribution in [0.2, 0.25) is 0 Å². The van der Waals surface area contributed by atoms with Gasteiger partial charge in [-0.2, -0.15) is 5.10 Å². The Morgan fingerprint density at radius 3 is 2.91 bits per heavy atom. The van der Waals surface area contributed by atoms with E-state index in [4.69, 9.17) is 9.72 Å². The number of fused-ring (bicyclic) bond motifs is 1. The maximum atomic E-state index is 11.9. The molecule has 0 atom stereocenters. The van der Waals surface area contributed by atoms with Crippen LogP contribution in [0, 0.1) is 0 Å². The van der Waals surface area contributed by atoms with Crippen molar-refractivity contribution in [3.8, 4) is 16.9 Å². The normalized spacial score (nSPS) is 11.3. The summed E-state index contributed by atoms with van der Waals surface area (Å²) in [6, 6.07) is 9.99. The van der Waals surface area contributed by atoms with Gasteiger partial charge in [0.05, 0.1) is 18.5 Å². The number of hydrogen-bond donors (Lipinski definition) is 0. The molecule has 5 nitrogen and oxygen atoms in total. The Balaban J connectivity index is 0.00000385. The average Bonchev–Trinajstić information content (AvgIpc) is 3.22. The predicted molar refractivity (Wildman–Crippen MR) is 133 cm³/mol. The number of hydrogen-bond acceptors (Lipinski definition) is 4. The zero-order valence-corrected chi connectivity index (χ0v) is 19.2. The molecule has 0 aliphatic carbocycles. The quantitative estimate of drug-likeness (QED) is 0.274. The second-order valence-corrected chi connectivity index (χ2v) is 8.07. The average molecular weight is 434 g/mol. The number of nitrogens with zero attached hydrogens (tertiary/aromatic N) is 3. The largest absolute Gasteiger partial charge is 0.494 e. The Kier molecular flexibility index (Phi) is 8.79. The van der Waals surface area contributed by atoms with Crippen LogP contribution in [0.25, 0.3) is 22.9 Å². The molecule has 3 rings (SSSR count). The molecule has 0 aliphatic rings. The summed E-state index contributed by atoms with van der Waals surface area (Å²) in [5, 5.41) is 4.44. The van der Waals surface area contributed by atoms with Crippen LogP contribution in [0.5, 0.6) is 5.75 Å². The molecule has 0 radical (unpaired) electrons. The molecule has 1 aromatic carbocycles. The number of rotatable bonds is 13. The van der Waals surface area contributed by atoms with Crippen molar-refractivity contribution in [3.05, 3.63) is 66.6 Å². The molecule has 0 saturated carbocycles. The summed E-state index contributed by atoms with van der Waals surface area (Å²) in [7, 11) is 0. The van der Waals surface area contributed by atoms with Gasteiger partial charge in [-0.15, -0.1) is 0 Å². The molecule has 0 fully saturated rings. The van der Waals surface area contributed by atoms with Crippen molar-refractivity contribution in [3.63, 3.8) is 0 Å². The molecule has 0 unspecified atom stereocenters. The van der Waals surface area contributed by atoms with Crippen molar-refractivity contribution in [2.24, 2.45) is 0 Å². The minimum Gasteiger partial charge on any atom is -0.494 e. The highest BCUT2D eigenvalue weighted by Crippen LogP contribution is 2.27. The van der Waals surface area contributed by atoms with Gasteiger partial charge in [-0.3, -0.25) is 4.79 Å². The highest BCUT2D eigenvalue weighted by atomic mass is 16.5. The standard InChI is InChI=1S/C27H33N3O2.H2/c1-4-6-13-24(31)18-21(3)10-7-8-12-23-15-16-30-27(29-23)26(20-28-30)22-11-9-14-25(19-22)32-17-5-2;/h8-9,11-12,14-16,19-20H,3-7,10,13,17-18H2,1-2H3;1H/b12-8+;. The second kappa shape index (κ2) is 12.0. The van der Waals surface area contributed by atoms with Gasteiger partial charge in [0.2, 0.25) is 0 Å². The highest BCUT2D eigenvalue weighted by Gasteiger charge is 2.09. The van der Waals surface area contributed by atoms with E-state index in [1.54, 1.807) is 4.52 Å². The molecule has 2 heterocycles. The van der Waals surface area contributed by atoms with E-state index in [9.17, 15) is 4.79 Å². The van der Waals surface area contributed by atoms with Crippen LogP contribution in [-0.4, -0.2) is 27.0 Å². The summed E-state index contributed by atoms with van der Waals surface area (Å²) in [6.07, 6.45) is 13.7. The van der Waals surface area contributed by atoms with Crippen molar-refractivity contribution < 1.29 is 11.0 Å². The van der Waals surface area contributed by atoms with E-state index in [0.29, 0.717) is 25.2 Å². The molecule has 170 valence electrons. The summed E-state index contributed by atoms with van der Waals surface area (Å²) in [6.45, 7) is 8.95. The molecule has 0 N–H and O–H groups in total. The minimum absolute atomic E-state index is 0. The molecule has 0 spiro atoms. The highest BCUT2D eigenvalue weighted by molar-refractivity contribution is 5.80. The zero-order chi connectivity index (χ0) is 22.8. The fraction of sp³-hybridized carbons (Fsp3) is 0.370. The van der Waals surface area contributed by atoms with E-state index in [-0.39, 0.29) is 1.43 Å². The lowest BCUT2D eigenvalue weighted by atomic mass is 10.0. The molecule has 0 bridgehead atoms. The molecule has 0 amide bonds. The van der Waals surface area contributed by atoms with Crippen molar-refractivity contribution >= 4 is 17.5 Å². The first-order valence-corrected chi connectivity index (χ1v) is 11.5. The van der Waals surface area contributed by atoms with E-state index < -0.39 is 0 Å². The number of benzene rings is 1. The first kappa shape index (κ1) is 23.5. The van der Waals surface area contributed by atoms with Crippen molar-refractivity contribution in [1.82, 2.24) is 14.6 Å². The Labute approximate surface area is 192 Å². The third kappa shape index (κ3) is 6.64. The van der Waals surface area contributed by atoms with E-state index in [0.717, 1.165) is 65.9 Å². The first-order chi connectivity index (χ1) is 15.6. The van der Waals surface area contributed by atoms with E-state index >= 15 is 0 Å². The molecule has 0 saturated heterocycles. The van der Waals surface area contributed by atoms with Gasteiger partial charge in [0.15, 0.2) is 5.65 Å². The van der Waals surface area contributed by atoms with Crippen LogP contribution < -0.4 is 4.74 Å². The van der Waals surface area contributed by atoms with Gasteiger partial charge in [-0.05, 0) is 55.5 Å². The number of Topliss-reactive ketones (excluding diaryl/α,β-unsaturated/α-hetero) is 1. The minimum atomic E-state index is 0. The Hall–Kier alpha value is -3.21. The van der Waals surface area contributed by atoms with Crippen molar-refractivity contribution in [2.75, 3.05) is 6.61 Å². The lowest BCUT2D eigenvalue weighted by Gasteiger charge is -2.06. The van der Waals surface area contributed by atoms with Crippen LogP contribution in [0.4, 0.5) is 0 Å². The molecular weight excluding hydrogens is 398 g/mol. The molecule has 32 heavy (non-hydrogen) atoms. The summed E-state index contributed by atoms with van der Waals surface area (Å²) >= 11 is 0. The van der Waals surface area contributed by atoms with Gasteiger partial charge in [0, 0.05) is 26.0 Å². The van der Waals surface area contributed by atoms with E-state index in [1.807, 2.05) is 48.8 Å². The molecule has 2 aromatic heterocycles. The number of ketones is 1. The monoisotopic (exact) mass is 433 g/mol. The maximum absolute atomic E-state index is 11.9. The van der Waals surface area contributed by atoms with Crippen LogP contribution in [0.1, 0.15) is 65.9 Å². The fourth-order valence-electron chi connectivity index (χ4n) is 3.47. The Bertz CT molecular complexity index is 1090. The zero-order valence-electron chi connectivity index (χ0n) is 19.2. The Morgan fingerprint density at radius 1 is 1.22 bits per heavy atom. The number of allylic oxidation sites excluding steroid dienone is 2. The smallest absolute Gasteiger partial charge is 0.163 e. The fourth-order valence-corrected chi connectivity index (χ4v) is 3.47. The summed E-state index contributed by atoms with van der Waals surface area (Å²) in [5.74, 6) is 1.15. The molecule has 3 aromatic rings. The number of unbranched alkanes of at least 4 members (excludes halogenated alkanes) is 1. The third-order valence-corrected chi connectivity index (χ3v) is 5.22. The number of carbonyl (C=O) groups is 1. The summed E-state index contributed by atoms with van der Waals surface area (Å²) < 4.78 is 7.56. The van der Waals surface area contributed by atoms with Crippen LogP contribution in [0.15, 0.2) is 61.0 Å². The number of ether oxygens (including phenoxy) is 1. The van der Waals surface area contributed by atoms with Gasteiger partial charge in [-0.1, -0.05) is 50.6 Å². The van der Waals surface area contributed by atoms with Crippen LogP contribution in [0.3, 0.4) is 0 Å². The molecule has 0 aliphatic heterocycles. The molecule has 5 heteroatoms. The van der Waals surface area contributed by atoms with E-state index in [2.05, 4.69) is 31.6 Å². The number of aromatic nitrogens is 3. The number of carbonyl (C=O) groups excluding carboxylic acids is 1. The Morgan fingerprint density at radius 2 is 2.09 bits per heavy atom. The maximum Gasteiger partial charge on any atom is 0.163 e. The topological polar surface area (TPSA) is 56.5 Å². The molecular formula is C27H35N3O2. The lowest BCUT2D eigenvalue weighted by Crippen LogP contribution is -1.99. The first-order valence-electron chi connectivity index (χ1n) is 11.5. The summed E-state index contributed by atoms with van der Waals surface area (Å²) in [4.78, 5) is 16.7. The third-order valence-electron chi connectivity index (χ3n) is 5.22. The van der Waals surface area contributed by atoms with E-state index in [1.165, 1.54) is 0 Å². The van der Waals surface area contributed by atoms with Gasteiger partial charge in [0.1, 0.15) is 11.5 Å². The van der Waals surface area contributed by atoms with Gasteiger partial charge in [-0.25, -0.2) is 9.50 Å².